The van der Waals surface area contributed by atoms with Gasteiger partial charge in [0.2, 0.25) is 0 Å². The molecule has 2 heterocycles. The fourth-order valence-corrected chi connectivity index (χ4v) is 2.83. The number of hydrogen-bond acceptors (Lipinski definition) is 5. The second-order valence-electron chi connectivity index (χ2n) is 4.89. The first kappa shape index (κ1) is 16.1. The van der Waals surface area contributed by atoms with E-state index in [9.17, 15) is 9.59 Å². The zero-order valence-corrected chi connectivity index (χ0v) is 13.3. The molecule has 7 heteroatoms. The zero-order chi connectivity index (χ0) is 15.9. The molecular formula is C15H18N4O2S. The van der Waals surface area contributed by atoms with E-state index in [2.05, 4.69) is 15.6 Å². The minimum absolute atomic E-state index is 0.0395. The van der Waals surface area contributed by atoms with Crippen LogP contribution in [0.15, 0.2) is 42.0 Å². The quantitative estimate of drug-likeness (QED) is 0.819. The van der Waals surface area contributed by atoms with Gasteiger partial charge in [-0.05, 0) is 37.7 Å². The van der Waals surface area contributed by atoms with Crippen LogP contribution in [0.3, 0.4) is 0 Å². The molecule has 0 aliphatic heterocycles. The Morgan fingerprint density at radius 1 is 1.23 bits per heavy atom. The summed E-state index contributed by atoms with van der Waals surface area (Å²) in [5, 5.41) is 7.19. The Labute approximate surface area is 133 Å². The Balaban J connectivity index is 1.89. The fraction of sp³-hybridized carbons (Fsp3) is 0.267. The Hall–Kier alpha value is -2.25. The molecule has 0 bridgehead atoms. The number of nitrogens with zero attached hydrogens (tertiary/aromatic N) is 2. The number of amides is 2. The van der Waals surface area contributed by atoms with Crippen molar-refractivity contribution < 1.29 is 9.59 Å². The van der Waals surface area contributed by atoms with Crippen molar-refractivity contribution in [2.75, 3.05) is 26.0 Å². The van der Waals surface area contributed by atoms with E-state index in [4.69, 9.17) is 0 Å². The number of likely N-dealkylation sites (N-methyl/N-ethyl adjacent to an activating group) is 1. The largest absolute Gasteiger partial charge is 0.346 e. The molecule has 0 fully saturated rings. The molecule has 6 nitrogen and oxygen atoms in total. The minimum atomic E-state index is -0.685. The number of rotatable bonds is 5. The average Bonchev–Trinajstić information content (AvgIpc) is 3.02. The van der Waals surface area contributed by atoms with Crippen LogP contribution in [0.1, 0.15) is 10.9 Å². The molecule has 0 aliphatic carbocycles. The summed E-state index contributed by atoms with van der Waals surface area (Å²) < 4.78 is 0. The molecule has 0 aliphatic rings. The van der Waals surface area contributed by atoms with Crippen LogP contribution in [0.4, 0.5) is 5.69 Å². The van der Waals surface area contributed by atoms with Gasteiger partial charge in [-0.1, -0.05) is 6.07 Å². The van der Waals surface area contributed by atoms with Crippen LogP contribution < -0.4 is 10.6 Å². The highest BCUT2D eigenvalue weighted by Gasteiger charge is 2.19. The van der Waals surface area contributed by atoms with E-state index in [1.807, 2.05) is 36.5 Å². The van der Waals surface area contributed by atoms with Gasteiger partial charge in [0.05, 0.1) is 6.04 Å². The number of aromatic nitrogens is 1. The van der Waals surface area contributed by atoms with Crippen molar-refractivity contribution in [2.24, 2.45) is 0 Å². The molecule has 2 N–H and O–H groups in total. The molecule has 116 valence electrons. The third kappa shape index (κ3) is 4.37. The van der Waals surface area contributed by atoms with Gasteiger partial charge in [-0.15, -0.1) is 11.3 Å². The second kappa shape index (κ2) is 7.67. The van der Waals surface area contributed by atoms with Gasteiger partial charge in [-0.2, -0.15) is 0 Å². The number of nitrogens with one attached hydrogen (secondary N) is 2. The van der Waals surface area contributed by atoms with Crippen molar-refractivity contribution in [1.82, 2.24) is 15.2 Å². The van der Waals surface area contributed by atoms with Crippen LogP contribution in [-0.2, 0) is 9.59 Å². The van der Waals surface area contributed by atoms with Crippen molar-refractivity contribution in [3.8, 4) is 0 Å². The summed E-state index contributed by atoms with van der Waals surface area (Å²) in [5.41, 5.74) is 0.539. The Morgan fingerprint density at radius 3 is 2.55 bits per heavy atom. The lowest BCUT2D eigenvalue weighted by Gasteiger charge is -2.23. The van der Waals surface area contributed by atoms with Crippen molar-refractivity contribution in [3.05, 3.63) is 46.9 Å². The van der Waals surface area contributed by atoms with E-state index in [0.29, 0.717) is 12.2 Å². The van der Waals surface area contributed by atoms with Gasteiger partial charge in [-0.25, -0.2) is 0 Å². The van der Waals surface area contributed by atoms with Crippen LogP contribution in [0.2, 0.25) is 0 Å². The highest BCUT2D eigenvalue weighted by atomic mass is 32.1. The van der Waals surface area contributed by atoms with Crippen LogP contribution in [0, 0.1) is 0 Å². The molecule has 0 saturated carbocycles. The Bertz CT molecular complexity index is 614. The van der Waals surface area contributed by atoms with Gasteiger partial charge in [0.15, 0.2) is 0 Å². The number of carbonyl (C=O) groups excluding carboxylic acids is 2. The lowest BCUT2D eigenvalue weighted by Crippen LogP contribution is -2.40. The van der Waals surface area contributed by atoms with Gasteiger partial charge in [-0.3, -0.25) is 14.6 Å². The summed E-state index contributed by atoms with van der Waals surface area (Å²) in [6.07, 6.45) is 3.10. The van der Waals surface area contributed by atoms with E-state index < -0.39 is 11.8 Å². The highest BCUT2D eigenvalue weighted by Crippen LogP contribution is 2.22. The smallest absolute Gasteiger partial charge is 0.313 e. The molecule has 2 rings (SSSR count). The predicted molar refractivity (Wildman–Crippen MR) is 86.6 cm³/mol. The normalized spacial score (nSPS) is 12.0. The predicted octanol–water partition coefficient (Wildman–Crippen LogP) is 1.50. The van der Waals surface area contributed by atoms with Crippen molar-refractivity contribution in [3.63, 3.8) is 0 Å². The van der Waals surface area contributed by atoms with Gasteiger partial charge < -0.3 is 15.5 Å². The maximum Gasteiger partial charge on any atom is 0.313 e. The lowest BCUT2D eigenvalue weighted by molar-refractivity contribution is -0.136. The summed E-state index contributed by atoms with van der Waals surface area (Å²) in [6, 6.07) is 7.27. The first-order chi connectivity index (χ1) is 10.6. The molecule has 22 heavy (non-hydrogen) atoms. The van der Waals surface area contributed by atoms with Crippen LogP contribution in [0.25, 0.3) is 0 Å². The van der Waals surface area contributed by atoms with Gasteiger partial charge in [0, 0.05) is 29.5 Å². The molecule has 1 unspecified atom stereocenters. The molecule has 0 radical (unpaired) electrons. The molecule has 0 spiro atoms. The minimum Gasteiger partial charge on any atom is -0.346 e. The number of carbonyl (C=O) groups is 2. The number of pyridine rings is 1. The summed E-state index contributed by atoms with van der Waals surface area (Å²) in [7, 11) is 3.88. The van der Waals surface area contributed by atoms with Crippen molar-refractivity contribution in [2.45, 2.75) is 6.04 Å². The topological polar surface area (TPSA) is 74.3 Å². The number of anilines is 1. The summed E-state index contributed by atoms with van der Waals surface area (Å²) in [6.45, 7) is 0.371. The molecule has 2 aromatic heterocycles. The molecule has 2 aromatic rings. The Kier molecular flexibility index (Phi) is 5.62. The summed E-state index contributed by atoms with van der Waals surface area (Å²) in [4.78, 5) is 30.7. The summed E-state index contributed by atoms with van der Waals surface area (Å²) >= 11 is 1.62. The molecule has 0 saturated heterocycles. The van der Waals surface area contributed by atoms with Crippen LogP contribution in [0.5, 0.6) is 0 Å². The fourth-order valence-electron chi connectivity index (χ4n) is 1.91. The monoisotopic (exact) mass is 318 g/mol. The average molecular weight is 318 g/mol. The van der Waals surface area contributed by atoms with Gasteiger partial charge in [0.1, 0.15) is 0 Å². The number of hydrogen-bond donors (Lipinski definition) is 2. The highest BCUT2D eigenvalue weighted by molar-refractivity contribution is 7.10. The summed E-state index contributed by atoms with van der Waals surface area (Å²) in [5.74, 6) is -1.34. The van der Waals surface area contributed by atoms with E-state index in [0.717, 1.165) is 4.88 Å². The first-order valence-corrected chi connectivity index (χ1v) is 7.65. The maximum atomic E-state index is 11.9. The van der Waals surface area contributed by atoms with E-state index in [1.165, 1.54) is 0 Å². The van der Waals surface area contributed by atoms with Crippen molar-refractivity contribution >= 4 is 28.8 Å². The third-order valence-corrected chi connectivity index (χ3v) is 4.07. The SMILES string of the molecule is CN(C)C(CNC(=O)C(=O)Nc1ccncc1)c1cccs1. The second-order valence-corrected chi connectivity index (χ2v) is 5.87. The maximum absolute atomic E-state index is 11.9. The molecule has 1 atom stereocenters. The van der Waals surface area contributed by atoms with E-state index >= 15 is 0 Å². The van der Waals surface area contributed by atoms with Crippen LogP contribution in [-0.4, -0.2) is 42.3 Å². The zero-order valence-electron chi connectivity index (χ0n) is 12.4. The van der Waals surface area contributed by atoms with Crippen LogP contribution >= 0.6 is 11.3 Å². The molecular weight excluding hydrogens is 300 g/mol. The van der Waals surface area contributed by atoms with Gasteiger partial charge in [0.25, 0.3) is 0 Å². The lowest BCUT2D eigenvalue weighted by atomic mass is 10.2. The van der Waals surface area contributed by atoms with Crippen molar-refractivity contribution in [1.29, 1.82) is 0 Å². The third-order valence-electron chi connectivity index (χ3n) is 3.10. The molecule has 2 amide bonds. The molecule has 0 aromatic carbocycles. The van der Waals surface area contributed by atoms with Gasteiger partial charge >= 0.3 is 11.8 Å². The van der Waals surface area contributed by atoms with E-state index in [1.54, 1.807) is 35.9 Å². The van der Waals surface area contributed by atoms with E-state index in [-0.39, 0.29) is 6.04 Å². The Morgan fingerprint density at radius 2 is 1.95 bits per heavy atom. The standard InChI is InChI=1S/C15H18N4O2S/c1-19(2)12(13-4-3-9-22-13)10-17-14(20)15(21)18-11-5-7-16-8-6-11/h3-9,12H,10H2,1-2H3,(H,17,20)(H,16,18,21). The first-order valence-electron chi connectivity index (χ1n) is 6.77. The number of thiophene rings is 1.